The molecule has 3 heterocycles. The van der Waals surface area contributed by atoms with E-state index >= 15 is 0 Å². The van der Waals surface area contributed by atoms with E-state index in [1.165, 1.54) is 0 Å². The molecule has 0 saturated carbocycles. The third-order valence-electron chi connectivity index (χ3n) is 5.56. The lowest BCUT2D eigenvalue weighted by Gasteiger charge is -2.19. The van der Waals surface area contributed by atoms with Crippen LogP contribution in [0.4, 0.5) is 0 Å². The SMILES string of the molecule is Cc1ccccc1OCCn1cc(C=C2C(=N)N3N=C(S(C)(=O)=O)SC3=NC2=O)c2ccccc21. The van der Waals surface area contributed by atoms with Crippen molar-refractivity contribution in [2.45, 2.75) is 13.5 Å². The number of sulfone groups is 1. The number of aliphatic imine (C=N–C) groups is 1. The predicted octanol–water partition coefficient (Wildman–Crippen LogP) is 3.65. The van der Waals surface area contributed by atoms with Crippen molar-refractivity contribution >= 4 is 59.9 Å². The zero-order valence-electron chi connectivity index (χ0n) is 18.9. The van der Waals surface area contributed by atoms with Crippen molar-refractivity contribution in [1.82, 2.24) is 9.58 Å². The Kier molecular flexibility index (Phi) is 5.81. The van der Waals surface area contributed by atoms with Crippen LogP contribution in [0.5, 0.6) is 5.75 Å². The van der Waals surface area contributed by atoms with E-state index in [1.54, 1.807) is 6.08 Å². The number of aromatic nitrogens is 1. The van der Waals surface area contributed by atoms with Gasteiger partial charge in [0.05, 0.1) is 12.1 Å². The highest BCUT2D eigenvalue weighted by atomic mass is 32.3. The minimum absolute atomic E-state index is 0.0342. The fourth-order valence-electron chi connectivity index (χ4n) is 3.83. The van der Waals surface area contributed by atoms with Crippen LogP contribution in [0.2, 0.25) is 0 Å². The number of nitrogens with zero attached hydrogens (tertiary/aromatic N) is 4. The van der Waals surface area contributed by atoms with E-state index in [2.05, 4.69) is 10.1 Å². The Morgan fingerprint density at radius 2 is 1.89 bits per heavy atom. The van der Waals surface area contributed by atoms with Crippen LogP contribution in [0.15, 0.2) is 70.4 Å². The lowest BCUT2D eigenvalue weighted by Crippen LogP contribution is -2.35. The molecule has 0 fully saturated rings. The Balaban J connectivity index is 1.45. The molecule has 2 aliphatic rings. The van der Waals surface area contributed by atoms with Crippen molar-refractivity contribution in [2.75, 3.05) is 12.9 Å². The zero-order valence-corrected chi connectivity index (χ0v) is 20.6. The number of para-hydroxylation sites is 2. The first-order valence-corrected chi connectivity index (χ1v) is 13.4. The summed E-state index contributed by atoms with van der Waals surface area (Å²) in [5, 5.41) is 14.5. The van der Waals surface area contributed by atoms with Gasteiger partial charge in [0, 0.05) is 28.9 Å². The number of rotatable bonds is 5. The van der Waals surface area contributed by atoms with Gasteiger partial charge < -0.3 is 9.30 Å². The summed E-state index contributed by atoms with van der Waals surface area (Å²) in [6.07, 6.45) is 4.53. The van der Waals surface area contributed by atoms with Crippen LogP contribution in [-0.4, -0.2) is 52.1 Å². The Labute approximate surface area is 206 Å². The number of benzene rings is 2. The van der Waals surface area contributed by atoms with Gasteiger partial charge in [-0.1, -0.05) is 36.4 Å². The van der Waals surface area contributed by atoms with E-state index in [9.17, 15) is 13.2 Å². The number of amides is 1. The maximum absolute atomic E-state index is 12.7. The summed E-state index contributed by atoms with van der Waals surface area (Å²) < 4.78 is 31.5. The molecule has 0 spiro atoms. The van der Waals surface area contributed by atoms with Crippen molar-refractivity contribution < 1.29 is 17.9 Å². The van der Waals surface area contributed by atoms with E-state index in [0.29, 0.717) is 13.2 Å². The maximum Gasteiger partial charge on any atom is 0.283 e. The molecule has 0 saturated heterocycles. The summed E-state index contributed by atoms with van der Waals surface area (Å²) in [5.41, 5.74) is 2.79. The van der Waals surface area contributed by atoms with Crippen molar-refractivity contribution in [3.8, 4) is 5.75 Å². The minimum Gasteiger partial charge on any atom is -0.491 e. The van der Waals surface area contributed by atoms with E-state index in [-0.39, 0.29) is 21.0 Å². The molecule has 1 N–H and O–H groups in total. The van der Waals surface area contributed by atoms with Gasteiger partial charge in [-0.2, -0.15) is 10.0 Å². The van der Waals surface area contributed by atoms with Gasteiger partial charge in [0.2, 0.25) is 19.4 Å². The number of amidine groups is 2. The Morgan fingerprint density at radius 3 is 2.66 bits per heavy atom. The molecule has 0 aliphatic carbocycles. The number of hydrazone groups is 1. The summed E-state index contributed by atoms with van der Waals surface area (Å²) >= 11 is 0.763. The van der Waals surface area contributed by atoms with Gasteiger partial charge >= 0.3 is 0 Å². The van der Waals surface area contributed by atoms with Gasteiger partial charge in [-0.3, -0.25) is 10.2 Å². The molecule has 1 aromatic heterocycles. The minimum atomic E-state index is -3.59. The van der Waals surface area contributed by atoms with Crippen LogP contribution < -0.4 is 4.74 Å². The quantitative estimate of drug-likeness (QED) is 0.527. The zero-order chi connectivity index (χ0) is 24.7. The van der Waals surface area contributed by atoms with Gasteiger partial charge in [-0.25, -0.2) is 8.42 Å². The first kappa shape index (κ1) is 23.1. The monoisotopic (exact) mass is 507 g/mol. The van der Waals surface area contributed by atoms with Crippen LogP contribution in [-0.2, 0) is 21.2 Å². The lowest BCUT2D eigenvalue weighted by molar-refractivity contribution is -0.114. The van der Waals surface area contributed by atoms with Crippen molar-refractivity contribution in [3.05, 3.63) is 71.4 Å². The molecular weight excluding hydrogens is 486 g/mol. The molecule has 11 heteroatoms. The van der Waals surface area contributed by atoms with Gasteiger partial charge in [-0.15, -0.1) is 5.10 Å². The summed E-state index contributed by atoms with van der Waals surface area (Å²) in [6, 6.07) is 15.6. The molecule has 0 unspecified atom stereocenters. The van der Waals surface area contributed by atoms with Crippen LogP contribution in [0.25, 0.3) is 17.0 Å². The number of nitrogens with one attached hydrogen (secondary N) is 1. The molecule has 178 valence electrons. The largest absolute Gasteiger partial charge is 0.491 e. The summed E-state index contributed by atoms with van der Waals surface area (Å²) in [6.45, 7) is 3.03. The number of thioether (sulfide) groups is 1. The van der Waals surface area contributed by atoms with Crippen LogP contribution in [0.1, 0.15) is 11.1 Å². The smallest absolute Gasteiger partial charge is 0.283 e. The summed E-state index contributed by atoms with van der Waals surface area (Å²) in [7, 11) is -3.59. The highest BCUT2D eigenvalue weighted by Gasteiger charge is 2.38. The fourth-order valence-corrected chi connectivity index (χ4v) is 5.51. The number of aryl methyl sites for hydroxylation is 1. The average molecular weight is 508 g/mol. The molecule has 9 nitrogen and oxygen atoms in total. The van der Waals surface area contributed by atoms with Gasteiger partial charge in [0.15, 0.2) is 5.84 Å². The number of ether oxygens (including phenoxy) is 1. The number of carbonyl (C=O) groups is 1. The topological polar surface area (TPSA) is 117 Å². The normalized spacial score (nSPS) is 17.1. The molecule has 0 radical (unpaired) electrons. The van der Waals surface area contributed by atoms with E-state index < -0.39 is 15.7 Å². The van der Waals surface area contributed by atoms with E-state index in [4.69, 9.17) is 10.1 Å². The summed E-state index contributed by atoms with van der Waals surface area (Å²) in [5.74, 6) is 0.00278. The Hall–Kier alpha value is -3.70. The second-order valence-electron chi connectivity index (χ2n) is 8.07. The molecule has 3 aromatic rings. The second kappa shape index (κ2) is 8.82. The average Bonchev–Trinajstić information content (AvgIpc) is 3.40. The van der Waals surface area contributed by atoms with Crippen molar-refractivity contribution in [1.29, 1.82) is 5.41 Å². The molecular formula is C24H21N5O4S2. The van der Waals surface area contributed by atoms with Crippen molar-refractivity contribution in [2.24, 2.45) is 10.1 Å². The Morgan fingerprint density at radius 1 is 1.14 bits per heavy atom. The maximum atomic E-state index is 12.7. The lowest BCUT2D eigenvalue weighted by atomic mass is 10.1. The molecule has 35 heavy (non-hydrogen) atoms. The highest BCUT2D eigenvalue weighted by molar-refractivity contribution is 8.42. The van der Waals surface area contributed by atoms with Crippen LogP contribution in [0, 0.1) is 12.3 Å². The number of hydrogen-bond donors (Lipinski definition) is 1. The molecule has 2 aromatic carbocycles. The second-order valence-corrected chi connectivity index (χ2v) is 11.2. The highest BCUT2D eigenvalue weighted by Crippen LogP contribution is 2.31. The van der Waals surface area contributed by atoms with E-state index in [0.717, 1.165) is 50.8 Å². The predicted molar refractivity (Wildman–Crippen MR) is 138 cm³/mol. The third-order valence-corrected chi connectivity index (χ3v) is 8.13. The molecule has 5 rings (SSSR count). The number of hydrogen-bond acceptors (Lipinski definition) is 7. The summed E-state index contributed by atoms with van der Waals surface area (Å²) in [4.78, 5) is 16.7. The first-order valence-electron chi connectivity index (χ1n) is 10.7. The molecule has 1 amide bonds. The van der Waals surface area contributed by atoms with Gasteiger partial charge in [0.25, 0.3) is 5.91 Å². The van der Waals surface area contributed by atoms with Crippen LogP contribution in [0.3, 0.4) is 0 Å². The van der Waals surface area contributed by atoms with Crippen molar-refractivity contribution in [3.63, 3.8) is 0 Å². The van der Waals surface area contributed by atoms with Crippen LogP contribution >= 0.6 is 11.8 Å². The molecule has 0 atom stereocenters. The van der Waals surface area contributed by atoms with E-state index in [1.807, 2.05) is 66.2 Å². The molecule has 0 bridgehead atoms. The number of carbonyl (C=O) groups excluding carboxylic acids is 1. The van der Waals surface area contributed by atoms with Gasteiger partial charge in [-0.05, 0) is 42.5 Å². The molecule has 2 aliphatic heterocycles. The number of fused-ring (bicyclic) bond motifs is 2. The van der Waals surface area contributed by atoms with Gasteiger partial charge in [0.1, 0.15) is 12.4 Å². The standard InChI is InChI=1S/C24H21N5O4S2/c1-15-7-3-6-10-20(15)33-12-11-28-14-16(17-8-4-5-9-19(17)28)13-18-21(25)29-23(26-22(18)30)34-24(27-29)35(2,31)32/h3-10,13-14,25H,11-12H2,1-2H3. The first-order chi connectivity index (χ1) is 16.7. The fraction of sp³-hybridized carbons (Fsp3) is 0.167. The third kappa shape index (κ3) is 4.40. The Bertz CT molecular complexity index is 1580.